The van der Waals surface area contributed by atoms with E-state index in [1.54, 1.807) is 0 Å². The lowest BCUT2D eigenvalue weighted by molar-refractivity contribution is 0.0569. The highest BCUT2D eigenvalue weighted by Gasteiger charge is 2.37. The van der Waals surface area contributed by atoms with E-state index in [0.717, 1.165) is 22.8 Å². The Balaban J connectivity index is 1.81. The molecular formula is C21H20N2O2. The second-order valence-electron chi connectivity index (χ2n) is 6.34. The Morgan fingerprint density at radius 1 is 1.00 bits per heavy atom. The number of carbonyl (C=O) groups is 1. The van der Waals surface area contributed by atoms with Crippen LogP contribution in [0.5, 0.6) is 0 Å². The van der Waals surface area contributed by atoms with Gasteiger partial charge >= 0.3 is 0 Å². The Bertz CT molecular complexity index is 901. The molecule has 0 aliphatic carbocycles. The minimum absolute atomic E-state index is 0.00440. The van der Waals surface area contributed by atoms with Gasteiger partial charge < -0.3 is 14.6 Å². The van der Waals surface area contributed by atoms with E-state index in [0.29, 0.717) is 5.56 Å². The van der Waals surface area contributed by atoms with Crippen LogP contribution in [0.4, 0.5) is 5.69 Å². The van der Waals surface area contributed by atoms with Gasteiger partial charge in [-0.3, -0.25) is 4.79 Å². The number of nitrogens with zero attached hydrogens (tertiary/aromatic N) is 1. The molecule has 0 saturated heterocycles. The molecule has 1 amide bonds. The fourth-order valence-corrected chi connectivity index (χ4v) is 3.37. The fourth-order valence-electron chi connectivity index (χ4n) is 3.37. The van der Waals surface area contributed by atoms with Crippen LogP contribution in [0.3, 0.4) is 0 Å². The van der Waals surface area contributed by atoms with Crippen LogP contribution in [0.25, 0.3) is 0 Å². The molecule has 0 bridgehead atoms. The SMILES string of the molecule is Cc1ccc(C2Nc3ccccc3C(=O)N2C(C)c2ccccc2)o1. The Kier molecular flexibility index (Phi) is 3.80. The molecule has 0 spiro atoms. The Labute approximate surface area is 147 Å². The predicted molar refractivity (Wildman–Crippen MR) is 97.3 cm³/mol. The summed E-state index contributed by atoms with van der Waals surface area (Å²) in [7, 11) is 0. The van der Waals surface area contributed by atoms with Crippen molar-refractivity contribution in [2.45, 2.75) is 26.1 Å². The van der Waals surface area contributed by atoms with Gasteiger partial charge in [-0.05, 0) is 43.7 Å². The first-order valence-electron chi connectivity index (χ1n) is 8.44. The van der Waals surface area contributed by atoms with Crippen LogP contribution < -0.4 is 5.32 Å². The minimum atomic E-state index is -0.341. The van der Waals surface area contributed by atoms with E-state index in [-0.39, 0.29) is 18.1 Å². The monoisotopic (exact) mass is 332 g/mol. The van der Waals surface area contributed by atoms with Crippen molar-refractivity contribution in [1.82, 2.24) is 4.90 Å². The summed E-state index contributed by atoms with van der Waals surface area (Å²) in [6, 6.07) is 21.4. The van der Waals surface area contributed by atoms with Crippen LogP contribution in [-0.2, 0) is 0 Å². The third-order valence-electron chi connectivity index (χ3n) is 4.69. The number of carbonyl (C=O) groups excluding carboxylic acids is 1. The van der Waals surface area contributed by atoms with Gasteiger partial charge in [-0.1, -0.05) is 42.5 Å². The van der Waals surface area contributed by atoms with Crippen molar-refractivity contribution in [2.75, 3.05) is 5.32 Å². The lowest BCUT2D eigenvalue weighted by atomic mass is 10.0. The smallest absolute Gasteiger partial charge is 0.258 e. The molecule has 2 heterocycles. The standard InChI is InChI=1S/C21H20N2O2/c1-14-12-13-19(25-14)20-22-18-11-7-6-10-17(18)21(24)23(20)15(2)16-8-4-3-5-9-16/h3-13,15,20,22H,1-2H3. The molecule has 0 saturated carbocycles. The van der Waals surface area contributed by atoms with Gasteiger partial charge in [-0.25, -0.2) is 0 Å². The van der Waals surface area contributed by atoms with Crippen molar-refractivity contribution < 1.29 is 9.21 Å². The summed E-state index contributed by atoms with van der Waals surface area (Å²) in [5, 5.41) is 3.47. The van der Waals surface area contributed by atoms with Gasteiger partial charge in [-0.15, -0.1) is 0 Å². The molecule has 4 heteroatoms. The van der Waals surface area contributed by atoms with Gasteiger partial charge in [0.05, 0.1) is 11.6 Å². The Morgan fingerprint density at radius 3 is 2.44 bits per heavy atom. The zero-order chi connectivity index (χ0) is 17.4. The first-order chi connectivity index (χ1) is 12.1. The first-order valence-corrected chi connectivity index (χ1v) is 8.44. The summed E-state index contributed by atoms with van der Waals surface area (Å²) in [6.07, 6.45) is -0.341. The van der Waals surface area contributed by atoms with E-state index in [9.17, 15) is 4.79 Å². The molecule has 4 rings (SSSR count). The van der Waals surface area contributed by atoms with E-state index in [4.69, 9.17) is 4.42 Å². The van der Waals surface area contributed by atoms with Gasteiger partial charge in [0.15, 0.2) is 6.17 Å². The number of fused-ring (bicyclic) bond motifs is 1. The zero-order valence-electron chi connectivity index (χ0n) is 14.3. The van der Waals surface area contributed by atoms with Crippen molar-refractivity contribution in [1.29, 1.82) is 0 Å². The van der Waals surface area contributed by atoms with E-state index >= 15 is 0 Å². The number of hydrogen-bond acceptors (Lipinski definition) is 3. The van der Waals surface area contributed by atoms with E-state index in [2.05, 4.69) is 5.32 Å². The van der Waals surface area contributed by atoms with Crippen LogP contribution >= 0.6 is 0 Å². The summed E-state index contributed by atoms with van der Waals surface area (Å²) < 4.78 is 5.85. The van der Waals surface area contributed by atoms with Gasteiger partial charge in [0.2, 0.25) is 0 Å². The summed E-state index contributed by atoms with van der Waals surface area (Å²) in [6.45, 7) is 3.96. The largest absolute Gasteiger partial charge is 0.462 e. The second kappa shape index (κ2) is 6.13. The number of nitrogens with one attached hydrogen (secondary N) is 1. The van der Waals surface area contributed by atoms with Crippen molar-refractivity contribution in [3.05, 3.63) is 89.4 Å². The lowest BCUT2D eigenvalue weighted by Crippen LogP contribution is -2.44. The number of rotatable bonds is 3. The molecule has 2 aromatic carbocycles. The maximum atomic E-state index is 13.3. The average Bonchev–Trinajstić information content (AvgIpc) is 3.08. The highest BCUT2D eigenvalue weighted by molar-refractivity contribution is 6.01. The molecule has 3 aromatic rings. The molecule has 1 aliphatic heterocycles. The summed E-state index contributed by atoms with van der Waals surface area (Å²) in [4.78, 5) is 15.1. The second-order valence-corrected chi connectivity index (χ2v) is 6.34. The minimum Gasteiger partial charge on any atom is -0.462 e. The summed E-state index contributed by atoms with van der Waals surface area (Å²) in [5.74, 6) is 1.57. The number of aryl methyl sites for hydroxylation is 1. The third kappa shape index (κ3) is 2.70. The molecule has 2 atom stereocenters. The van der Waals surface area contributed by atoms with E-state index in [1.165, 1.54) is 0 Å². The maximum Gasteiger partial charge on any atom is 0.258 e. The Hall–Kier alpha value is -3.01. The molecule has 1 N–H and O–H groups in total. The topological polar surface area (TPSA) is 45.5 Å². The number of para-hydroxylation sites is 1. The summed E-state index contributed by atoms with van der Waals surface area (Å²) in [5.41, 5.74) is 2.61. The predicted octanol–water partition coefficient (Wildman–Crippen LogP) is 4.92. The Morgan fingerprint density at radius 2 is 1.72 bits per heavy atom. The number of hydrogen-bond donors (Lipinski definition) is 1. The molecule has 0 fully saturated rings. The van der Waals surface area contributed by atoms with E-state index < -0.39 is 0 Å². The van der Waals surface area contributed by atoms with Crippen molar-refractivity contribution in [3.8, 4) is 0 Å². The lowest BCUT2D eigenvalue weighted by Gasteiger charge is -2.40. The maximum absolute atomic E-state index is 13.3. The number of benzene rings is 2. The molecule has 25 heavy (non-hydrogen) atoms. The van der Waals surface area contributed by atoms with Gasteiger partial charge in [0.25, 0.3) is 5.91 Å². The van der Waals surface area contributed by atoms with E-state index in [1.807, 2.05) is 85.5 Å². The van der Waals surface area contributed by atoms with Gasteiger partial charge in [0, 0.05) is 5.69 Å². The molecule has 2 unspecified atom stereocenters. The van der Waals surface area contributed by atoms with Crippen molar-refractivity contribution in [2.24, 2.45) is 0 Å². The highest BCUT2D eigenvalue weighted by atomic mass is 16.3. The van der Waals surface area contributed by atoms with Gasteiger partial charge in [0.1, 0.15) is 11.5 Å². The normalized spacial score (nSPS) is 17.8. The molecule has 126 valence electrons. The zero-order valence-corrected chi connectivity index (χ0v) is 14.3. The average molecular weight is 332 g/mol. The number of furan rings is 1. The first kappa shape index (κ1) is 15.5. The quantitative estimate of drug-likeness (QED) is 0.741. The fraction of sp³-hybridized carbons (Fsp3) is 0.190. The van der Waals surface area contributed by atoms with Crippen LogP contribution in [0.1, 0.15) is 46.6 Å². The molecule has 0 radical (unpaired) electrons. The van der Waals surface area contributed by atoms with Crippen LogP contribution in [-0.4, -0.2) is 10.8 Å². The number of amides is 1. The highest BCUT2D eigenvalue weighted by Crippen LogP contribution is 2.38. The van der Waals surface area contributed by atoms with Crippen LogP contribution in [0.2, 0.25) is 0 Å². The third-order valence-corrected chi connectivity index (χ3v) is 4.69. The van der Waals surface area contributed by atoms with Crippen LogP contribution in [0, 0.1) is 6.92 Å². The van der Waals surface area contributed by atoms with Gasteiger partial charge in [-0.2, -0.15) is 0 Å². The molecule has 4 nitrogen and oxygen atoms in total. The van der Waals surface area contributed by atoms with Crippen molar-refractivity contribution in [3.63, 3.8) is 0 Å². The molecule has 1 aliphatic rings. The number of anilines is 1. The molecular weight excluding hydrogens is 312 g/mol. The van der Waals surface area contributed by atoms with Crippen molar-refractivity contribution >= 4 is 11.6 Å². The molecule has 1 aromatic heterocycles. The summed E-state index contributed by atoms with van der Waals surface area (Å²) >= 11 is 0. The van der Waals surface area contributed by atoms with Crippen LogP contribution in [0.15, 0.2) is 71.1 Å².